The predicted molar refractivity (Wildman–Crippen MR) is 68.6 cm³/mol. The summed E-state index contributed by atoms with van der Waals surface area (Å²) in [6.45, 7) is 2.14. The highest BCUT2D eigenvalue weighted by atomic mass is 16.5. The van der Waals surface area contributed by atoms with Gasteiger partial charge in [0.2, 0.25) is 5.91 Å². The molecule has 0 spiro atoms. The molecule has 0 aliphatic heterocycles. The molecule has 1 aliphatic rings. The number of carbonyl (C=O) groups excluding carboxylic acids is 1. The first-order valence-corrected chi connectivity index (χ1v) is 6.59. The normalized spacial score (nSPS) is 25.8. The third-order valence-corrected chi connectivity index (χ3v) is 3.66. The van der Waals surface area contributed by atoms with Crippen molar-refractivity contribution in [2.75, 3.05) is 20.3 Å². The van der Waals surface area contributed by atoms with Gasteiger partial charge in [-0.3, -0.25) is 9.59 Å². The smallest absolute Gasteiger partial charge is 0.307 e. The van der Waals surface area contributed by atoms with Crippen LogP contribution in [0.1, 0.15) is 32.6 Å². The maximum Gasteiger partial charge on any atom is 0.307 e. The van der Waals surface area contributed by atoms with E-state index in [0.717, 1.165) is 6.42 Å². The minimum absolute atomic E-state index is 0.109. The van der Waals surface area contributed by atoms with Crippen LogP contribution < -0.4 is 5.32 Å². The molecule has 3 atom stereocenters. The Kier molecular flexibility index (Phi) is 5.75. The fourth-order valence-electron chi connectivity index (χ4n) is 2.39. The molecule has 1 amide bonds. The molecule has 0 saturated heterocycles. The molecule has 19 heavy (non-hydrogen) atoms. The van der Waals surface area contributed by atoms with Gasteiger partial charge >= 0.3 is 5.97 Å². The van der Waals surface area contributed by atoms with Gasteiger partial charge in [-0.1, -0.05) is 6.42 Å². The highest BCUT2D eigenvalue weighted by Gasteiger charge is 2.38. The predicted octanol–water partition coefficient (Wildman–Crippen LogP) is 0.391. The molecule has 1 fully saturated rings. The van der Waals surface area contributed by atoms with Crippen LogP contribution >= 0.6 is 0 Å². The van der Waals surface area contributed by atoms with Crippen LogP contribution in [0.2, 0.25) is 0 Å². The Morgan fingerprint density at radius 3 is 2.58 bits per heavy atom. The molecule has 1 unspecified atom stereocenters. The second kappa shape index (κ2) is 6.86. The third-order valence-electron chi connectivity index (χ3n) is 3.66. The number of carboxylic acid groups (broad SMARTS) is 1. The van der Waals surface area contributed by atoms with Gasteiger partial charge in [0, 0.05) is 26.7 Å². The number of amides is 1. The van der Waals surface area contributed by atoms with E-state index >= 15 is 0 Å². The number of aliphatic hydroxyl groups is 1. The number of hydrogen-bond donors (Lipinski definition) is 3. The number of rotatable bonds is 7. The molecule has 1 rings (SSSR count). The van der Waals surface area contributed by atoms with Gasteiger partial charge in [-0.2, -0.15) is 0 Å². The van der Waals surface area contributed by atoms with Crippen molar-refractivity contribution in [3.8, 4) is 0 Å². The first-order chi connectivity index (χ1) is 8.87. The van der Waals surface area contributed by atoms with Crippen LogP contribution in [0.5, 0.6) is 0 Å². The largest absolute Gasteiger partial charge is 0.481 e. The van der Waals surface area contributed by atoms with Crippen LogP contribution in [0.25, 0.3) is 0 Å². The van der Waals surface area contributed by atoms with E-state index in [4.69, 9.17) is 9.84 Å². The molecular formula is C13H23NO5. The van der Waals surface area contributed by atoms with Gasteiger partial charge in [-0.05, 0) is 19.8 Å². The quantitative estimate of drug-likeness (QED) is 0.623. The molecule has 6 nitrogen and oxygen atoms in total. The molecule has 0 aromatic carbocycles. The van der Waals surface area contributed by atoms with Crippen LogP contribution in [0.15, 0.2) is 0 Å². The number of aliphatic carboxylic acids is 1. The van der Waals surface area contributed by atoms with E-state index in [9.17, 15) is 14.7 Å². The van der Waals surface area contributed by atoms with Gasteiger partial charge in [0.1, 0.15) is 0 Å². The molecule has 0 bridgehead atoms. The lowest BCUT2D eigenvalue weighted by Crippen LogP contribution is -2.44. The van der Waals surface area contributed by atoms with E-state index in [1.807, 2.05) is 0 Å². The third kappa shape index (κ3) is 4.80. The van der Waals surface area contributed by atoms with E-state index < -0.39 is 23.4 Å². The van der Waals surface area contributed by atoms with Crippen LogP contribution in [0.4, 0.5) is 0 Å². The van der Waals surface area contributed by atoms with Gasteiger partial charge in [0.15, 0.2) is 0 Å². The summed E-state index contributed by atoms with van der Waals surface area (Å²) >= 11 is 0. The lowest BCUT2D eigenvalue weighted by atomic mass is 9.94. The molecule has 6 heteroatoms. The summed E-state index contributed by atoms with van der Waals surface area (Å²) in [6.07, 6.45) is 2.32. The van der Waals surface area contributed by atoms with E-state index in [1.54, 1.807) is 14.0 Å². The molecule has 3 N–H and O–H groups in total. The SMILES string of the molecule is COCCC(C)(O)CNC(=O)[C@@H]1CCC[C@@H]1C(=O)O. The molecule has 0 aromatic rings. The Hall–Kier alpha value is -1.14. The average molecular weight is 273 g/mol. The second-order valence-corrected chi connectivity index (χ2v) is 5.44. The van der Waals surface area contributed by atoms with Crippen molar-refractivity contribution in [3.63, 3.8) is 0 Å². The van der Waals surface area contributed by atoms with E-state index in [-0.39, 0.29) is 12.5 Å². The maximum atomic E-state index is 12.0. The van der Waals surface area contributed by atoms with Crippen molar-refractivity contribution in [3.05, 3.63) is 0 Å². The van der Waals surface area contributed by atoms with Gasteiger partial charge in [-0.15, -0.1) is 0 Å². The molecule has 1 saturated carbocycles. The summed E-state index contributed by atoms with van der Waals surface area (Å²) < 4.78 is 4.88. The van der Waals surface area contributed by atoms with Crippen molar-refractivity contribution in [1.29, 1.82) is 0 Å². The summed E-state index contributed by atoms with van der Waals surface area (Å²) in [5.74, 6) is -2.26. The summed E-state index contributed by atoms with van der Waals surface area (Å²) in [4.78, 5) is 23.0. The molecule has 0 radical (unpaired) electrons. The van der Waals surface area contributed by atoms with Crippen LogP contribution in [0.3, 0.4) is 0 Å². The lowest BCUT2D eigenvalue weighted by molar-refractivity contribution is -0.146. The zero-order valence-corrected chi connectivity index (χ0v) is 11.5. The monoisotopic (exact) mass is 273 g/mol. The van der Waals surface area contributed by atoms with Crippen LogP contribution in [-0.4, -0.2) is 48.0 Å². The zero-order chi connectivity index (χ0) is 14.5. The summed E-state index contributed by atoms with van der Waals surface area (Å²) in [6, 6.07) is 0. The summed E-state index contributed by atoms with van der Waals surface area (Å²) in [5, 5.41) is 21.7. The lowest BCUT2D eigenvalue weighted by Gasteiger charge is -2.25. The second-order valence-electron chi connectivity index (χ2n) is 5.44. The Bertz CT molecular complexity index is 329. The molecule has 1 aliphatic carbocycles. The number of nitrogens with one attached hydrogen (secondary N) is 1. The highest BCUT2D eigenvalue weighted by molar-refractivity contribution is 5.85. The van der Waals surface area contributed by atoms with Crippen molar-refractivity contribution in [2.24, 2.45) is 11.8 Å². The Morgan fingerprint density at radius 2 is 2.00 bits per heavy atom. The number of carboxylic acids is 1. The number of methoxy groups -OCH3 is 1. The number of hydrogen-bond acceptors (Lipinski definition) is 4. The first-order valence-electron chi connectivity index (χ1n) is 6.59. The van der Waals surface area contributed by atoms with Gasteiger partial charge in [0.05, 0.1) is 17.4 Å². The van der Waals surface area contributed by atoms with E-state index in [0.29, 0.717) is 25.9 Å². The summed E-state index contributed by atoms with van der Waals surface area (Å²) in [5.41, 5.74) is -1.04. The van der Waals surface area contributed by atoms with Gasteiger partial charge in [0.25, 0.3) is 0 Å². The fourth-order valence-corrected chi connectivity index (χ4v) is 2.39. The van der Waals surface area contributed by atoms with Gasteiger partial charge in [-0.25, -0.2) is 0 Å². The van der Waals surface area contributed by atoms with Crippen molar-refractivity contribution < 1.29 is 24.5 Å². The molecule has 0 aromatic heterocycles. The molecular weight excluding hydrogens is 250 g/mol. The van der Waals surface area contributed by atoms with Crippen LogP contribution in [-0.2, 0) is 14.3 Å². The van der Waals surface area contributed by atoms with Crippen molar-refractivity contribution in [1.82, 2.24) is 5.32 Å². The topological polar surface area (TPSA) is 95.9 Å². The zero-order valence-electron chi connectivity index (χ0n) is 11.5. The molecule has 0 heterocycles. The number of ether oxygens (including phenoxy) is 1. The molecule has 110 valence electrons. The minimum Gasteiger partial charge on any atom is -0.481 e. The fraction of sp³-hybridized carbons (Fsp3) is 0.846. The first kappa shape index (κ1) is 15.9. The van der Waals surface area contributed by atoms with E-state index in [2.05, 4.69) is 5.32 Å². The summed E-state index contributed by atoms with van der Waals surface area (Å²) in [7, 11) is 1.55. The van der Waals surface area contributed by atoms with Crippen LogP contribution in [0, 0.1) is 11.8 Å². The average Bonchev–Trinajstić information content (AvgIpc) is 2.83. The standard InChI is InChI=1S/C13H23NO5/c1-13(18,6-7-19-2)8-14-11(15)9-4-3-5-10(9)12(16)17/h9-10,18H,3-8H2,1-2H3,(H,14,15)(H,16,17)/t9-,10+,13?/m1/s1. The van der Waals surface area contributed by atoms with E-state index in [1.165, 1.54) is 0 Å². The highest BCUT2D eigenvalue weighted by Crippen LogP contribution is 2.32. The minimum atomic E-state index is -1.04. The number of carbonyl (C=O) groups is 2. The Balaban J connectivity index is 2.44. The van der Waals surface area contributed by atoms with Crippen molar-refractivity contribution in [2.45, 2.75) is 38.2 Å². The Morgan fingerprint density at radius 1 is 1.37 bits per heavy atom. The maximum absolute atomic E-state index is 12.0. The Labute approximate surface area is 113 Å². The van der Waals surface area contributed by atoms with Gasteiger partial charge < -0.3 is 20.3 Å². The van der Waals surface area contributed by atoms with Crippen molar-refractivity contribution >= 4 is 11.9 Å².